The third-order valence-electron chi connectivity index (χ3n) is 8.30. The van der Waals surface area contributed by atoms with Crippen LogP contribution >= 0.6 is 0 Å². The Morgan fingerprint density at radius 2 is 1.84 bits per heavy atom. The van der Waals surface area contributed by atoms with Gasteiger partial charge >= 0.3 is 0 Å². The fourth-order valence-corrected chi connectivity index (χ4v) is 6.59. The van der Waals surface area contributed by atoms with E-state index in [1.165, 1.54) is 11.1 Å². The molecule has 0 amide bonds. The summed E-state index contributed by atoms with van der Waals surface area (Å²) in [5, 5.41) is 30.6. The lowest BCUT2D eigenvalue weighted by Crippen LogP contribution is -2.55. The van der Waals surface area contributed by atoms with E-state index < -0.39 is 23.4 Å². The maximum Gasteiger partial charge on any atom is 0.190 e. The average molecular weight is 346 g/mol. The molecule has 0 saturated heterocycles. The van der Waals surface area contributed by atoms with Gasteiger partial charge in [-0.25, -0.2) is 0 Å². The lowest BCUT2D eigenvalue weighted by Gasteiger charge is -2.55. The summed E-state index contributed by atoms with van der Waals surface area (Å²) in [5.41, 5.74) is 0.977. The molecule has 0 spiro atoms. The van der Waals surface area contributed by atoms with E-state index >= 15 is 0 Å². The molecule has 0 aliphatic heterocycles. The first kappa shape index (κ1) is 17.4. The van der Waals surface area contributed by atoms with E-state index in [9.17, 15) is 20.1 Å². The van der Waals surface area contributed by atoms with Crippen LogP contribution in [0.2, 0.25) is 0 Å². The van der Waals surface area contributed by atoms with Crippen molar-refractivity contribution in [2.75, 3.05) is 6.61 Å². The van der Waals surface area contributed by atoms with Gasteiger partial charge < -0.3 is 15.3 Å². The molecule has 4 nitrogen and oxygen atoms in total. The Bertz CT molecular complexity index is 665. The first-order valence-corrected chi connectivity index (χ1v) is 9.72. The fourth-order valence-electron chi connectivity index (χ4n) is 6.59. The van der Waals surface area contributed by atoms with Crippen molar-refractivity contribution < 1.29 is 20.1 Å². The van der Waals surface area contributed by atoms with Gasteiger partial charge in [0, 0.05) is 5.41 Å². The number of aliphatic hydroxyl groups excluding tert-OH is 2. The summed E-state index contributed by atoms with van der Waals surface area (Å²) in [6.45, 7) is 3.80. The normalized spacial score (nSPS) is 48.8. The number of Topliss-reactive ketones (excluding diaryl/α,β-unsaturated/α-hetero) is 1. The summed E-state index contributed by atoms with van der Waals surface area (Å²) in [7, 11) is 0. The molecule has 138 valence electrons. The van der Waals surface area contributed by atoms with Gasteiger partial charge in [0.2, 0.25) is 0 Å². The molecule has 0 radical (unpaired) electrons. The largest absolute Gasteiger partial charge is 0.393 e. The Hall–Kier alpha value is -0.970. The highest BCUT2D eigenvalue weighted by atomic mass is 16.3. The van der Waals surface area contributed by atoms with Crippen LogP contribution in [-0.2, 0) is 4.79 Å². The molecule has 0 heterocycles. The zero-order valence-corrected chi connectivity index (χ0v) is 15.3. The number of fused-ring (bicyclic) bond motifs is 5. The van der Waals surface area contributed by atoms with E-state index in [4.69, 9.17) is 0 Å². The fraction of sp³-hybridized carbons (Fsp3) is 0.762. The summed E-state index contributed by atoms with van der Waals surface area (Å²) < 4.78 is 0. The maximum atomic E-state index is 12.3. The van der Waals surface area contributed by atoms with Crippen LogP contribution in [0.5, 0.6) is 0 Å². The molecule has 3 fully saturated rings. The van der Waals surface area contributed by atoms with Gasteiger partial charge in [-0.05, 0) is 62.2 Å². The number of aliphatic hydroxyl groups is 3. The Labute approximate surface area is 149 Å². The molecular formula is C21H30O4. The summed E-state index contributed by atoms with van der Waals surface area (Å²) in [6, 6.07) is 0. The third-order valence-corrected chi connectivity index (χ3v) is 8.30. The van der Waals surface area contributed by atoms with E-state index in [-0.39, 0.29) is 17.4 Å². The molecule has 1 unspecified atom stereocenters. The Morgan fingerprint density at radius 1 is 1.12 bits per heavy atom. The quantitative estimate of drug-likeness (QED) is 0.718. The molecule has 3 saturated carbocycles. The predicted octanol–water partition coefficient (Wildman–Crippen LogP) is 2.52. The third kappa shape index (κ3) is 2.14. The van der Waals surface area contributed by atoms with Crippen molar-refractivity contribution >= 4 is 5.78 Å². The van der Waals surface area contributed by atoms with Crippen LogP contribution in [0.3, 0.4) is 0 Å². The molecule has 4 aliphatic carbocycles. The average Bonchev–Trinajstić information content (AvgIpc) is 2.87. The van der Waals surface area contributed by atoms with Gasteiger partial charge in [0.1, 0.15) is 12.2 Å². The van der Waals surface area contributed by atoms with Crippen molar-refractivity contribution in [3.8, 4) is 0 Å². The summed E-state index contributed by atoms with van der Waals surface area (Å²) >= 11 is 0. The lowest BCUT2D eigenvalue weighted by molar-refractivity contribution is -0.156. The monoisotopic (exact) mass is 346 g/mol. The van der Waals surface area contributed by atoms with Crippen molar-refractivity contribution in [1.82, 2.24) is 0 Å². The van der Waals surface area contributed by atoms with E-state index in [0.29, 0.717) is 12.3 Å². The molecule has 0 bridgehead atoms. The van der Waals surface area contributed by atoms with Gasteiger partial charge in [0.15, 0.2) is 5.78 Å². The number of allylic oxidation sites excluding steroid dienone is 3. The molecule has 4 rings (SSSR count). The van der Waals surface area contributed by atoms with Crippen molar-refractivity contribution in [3.63, 3.8) is 0 Å². The second-order valence-electron chi connectivity index (χ2n) is 9.21. The highest BCUT2D eigenvalue weighted by Crippen LogP contribution is 2.65. The van der Waals surface area contributed by atoms with Crippen LogP contribution in [0.25, 0.3) is 0 Å². The molecule has 3 N–H and O–H groups in total. The Balaban J connectivity index is 1.73. The topological polar surface area (TPSA) is 77.8 Å². The van der Waals surface area contributed by atoms with Crippen LogP contribution in [0.15, 0.2) is 23.3 Å². The standard InChI is InChI=1S/C21H30O4/c1-19-8-5-14(23)11-13(19)3-4-15-16(19)6-9-20(2)17(15)7-10-21(20,25)18(24)12-22/h3-4,14,16-17,22-23,25H,5-12H2,1-2H3/t14?,16-,17-,19-,20-,21-/m0/s1. The van der Waals surface area contributed by atoms with Gasteiger partial charge in [0.25, 0.3) is 0 Å². The van der Waals surface area contributed by atoms with Crippen molar-refractivity contribution in [2.24, 2.45) is 22.7 Å². The first-order chi connectivity index (χ1) is 11.8. The number of carbonyl (C=O) groups excluding carboxylic acids is 1. The summed E-state index contributed by atoms with van der Waals surface area (Å²) in [4.78, 5) is 12.3. The number of carbonyl (C=O) groups is 1. The minimum Gasteiger partial charge on any atom is -0.393 e. The smallest absolute Gasteiger partial charge is 0.190 e. The van der Waals surface area contributed by atoms with Crippen LogP contribution in [0, 0.1) is 22.7 Å². The van der Waals surface area contributed by atoms with E-state index in [1.54, 1.807) is 0 Å². The molecule has 4 aliphatic rings. The molecule has 25 heavy (non-hydrogen) atoms. The predicted molar refractivity (Wildman–Crippen MR) is 94.7 cm³/mol. The van der Waals surface area contributed by atoms with Crippen molar-refractivity contribution in [2.45, 2.75) is 70.5 Å². The highest BCUT2D eigenvalue weighted by molar-refractivity contribution is 5.89. The zero-order valence-electron chi connectivity index (χ0n) is 15.3. The van der Waals surface area contributed by atoms with Gasteiger partial charge in [-0.2, -0.15) is 0 Å². The second-order valence-corrected chi connectivity index (χ2v) is 9.21. The van der Waals surface area contributed by atoms with Crippen LogP contribution in [-0.4, -0.2) is 39.4 Å². The molecule has 0 aromatic carbocycles. The molecular weight excluding hydrogens is 316 g/mol. The first-order valence-electron chi connectivity index (χ1n) is 9.72. The maximum absolute atomic E-state index is 12.3. The summed E-state index contributed by atoms with van der Waals surface area (Å²) in [5.74, 6) is 0.230. The lowest BCUT2D eigenvalue weighted by atomic mass is 9.50. The van der Waals surface area contributed by atoms with Gasteiger partial charge in [-0.15, -0.1) is 0 Å². The highest BCUT2D eigenvalue weighted by Gasteiger charge is 2.64. The van der Waals surface area contributed by atoms with Gasteiger partial charge in [0.05, 0.1) is 6.10 Å². The van der Waals surface area contributed by atoms with E-state index in [1.807, 2.05) is 6.92 Å². The number of hydrogen-bond donors (Lipinski definition) is 3. The number of ketones is 1. The minimum absolute atomic E-state index is 0.104. The van der Waals surface area contributed by atoms with E-state index in [2.05, 4.69) is 19.1 Å². The molecule has 4 heteroatoms. The van der Waals surface area contributed by atoms with Crippen LogP contribution in [0.4, 0.5) is 0 Å². The molecule has 0 aromatic rings. The Morgan fingerprint density at radius 3 is 2.56 bits per heavy atom. The van der Waals surface area contributed by atoms with Crippen molar-refractivity contribution in [3.05, 3.63) is 23.3 Å². The second kappa shape index (κ2) is 5.51. The molecule has 0 aromatic heterocycles. The number of hydrogen-bond acceptors (Lipinski definition) is 4. The SMILES string of the molecule is C[C@]12CCC(O)CC1=CC=C1[C@@H]2CC[C@@]2(C)[C@H]1CC[C@]2(O)C(=O)CO. The van der Waals surface area contributed by atoms with Crippen LogP contribution < -0.4 is 0 Å². The molecule has 6 atom stereocenters. The summed E-state index contributed by atoms with van der Waals surface area (Å²) in [6.07, 6.45) is 9.86. The minimum atomic E-state index is -1.40. The Kier molecular flexibility index (Phi) is 3.85. The van der Waals surface area contributed by atoms with Gasteiger partial charge in [-0.3, -0.25) is 4.79 Å². The number of rotatable bonds is 2. The van der Waals surface area contributed by atoms with Crippen molar-refractivity contribution in [1.29, 1.82) is 0 Å². The van der Waals surface area contributed by atoms with Crippen LogP contribution in [0.1, 0.15) is 58.8 Å². The van der Waals surface area contributed by atoms with E-state index in [0.717, 1.165) is 38.5 Å². The van der Waals surface area contributed by atoms with Gasteiger partial charge in [-0.1, -0.05) is 37.1 Å². The zero-order chi connectivity index (χ0) is 18.0.